The third kappa shape index (κ3) is 2.57. The van der Waals surface area contributed by atoms with Crippen molar-refractivity contribution in [1.29, 1.82) is 0 Å². The van der Waals surface area contributed by atoms with Gasteiger partial charge in [0.2, 0.25) is 0 Å². The Morgan fingerprint density at radius 3 is 2.21 bits per heavy atom. The molecule has 0 radical (unpaired) electrons. The van der Waals surface area contributed by atoms with Gasteiger partial charge in [0.25, 0.3) is 0 Å². The molecular weight excluding hydrogens is 255 g/mol. The largest absolute Gasteiger partial charge is 0.435 e. The summed E-state index contributed by atoms with van der Waals surface area (Å²) in [4.78, 5) is 0. The molecule has 0 unspecified atom stereocenters. The summed E-state index contributed by atoms with van der Waals surface area (Å²) >= 11 is 0. The standard InChI is InChI=1S/C13H14F3N3/c1-8(2)9-3-5-10(6-4-9)19-12(13(14,15)16)11(17)7-18-19/h3-8H,17H2,1-2H3. The third-order valence-corrected chi connectivity index (χ3v) is 2.87. The summed E-state index contributed by atoms with van der Waals surface area (Å²) in [5.41, 5.74) is 5.42. The number of hydrogen-bond donors (Lipinski definition) is 1. The molecule has 0 bridgehead atoms. The van der Waals surface area contributed by atoms with Crippen LogP contribution in [0.4, 0.5) is 18.9 Å². The van der Waals surface area contributed by atoms with Crippen molar-refractivity contribution in [1.82, 2.24) is 9.78 Å². The molecule has 0 spiro atoms. The number of benzene rings is 1. The van der Waals surface area contributed by atoms with Gasteiger partial charge in [-0.15, -0.1) is 0 Å². The minimum absolute atomic E-state index is 0.318. The Kier molecular flexibility index (Phi) is 3.26. The summed E-state index contributed by atoms with van der Waals surface area (Å²) in [5, 5.41) is 3.70. The Labute approximate surface area is 108 Å². The van der Waals surface area contributed by atoms with E-state index in [1.807, 2.05) is 13.8 Å². The topological polar surface area (TPSA) is 43.8 Å². The summed E-state index contributed by atoms with van der Waals surface area (Å²) in [6.45, 7) is 4.03. The van der Waals surface area contributed by atoms with Gasteiger partial charge in [-0.1, -0.05) is 26.0 Å². The number of aromatic nitrogens is 2. The molecule has 2 N–H and O–H groups in total. The summed E-state index contributed by atoms with van der Waals surface area (Å²) in [6, 6.07) is 6.80. The van der Waals surface area contributed by atoms with Crippen LogP contribution in [0.5, 0.6) is 0 Å². The van der Waals surface area contributed by atoms with Crippen LogP contribution in [-0.4, -0.2) is 9.78 Å². The minimum Gasteiger partial charge on any atom is -0.396 e. The molecule has 0 aliphatic carbocycles. The van der Waals surface area contributed by atoms with E-state index in [9.17, 15) is 13.2 Å². The van der Waals surface area contributed by atoms with Crippen LogP contribution in [0.25, 0.3) is 5.69 Å². The number of nitrogens with zero attached hydrogens (tertiary/aromatic N) is 2. The van der Waals surface area contributed by atoms with Crippen molar-refractivity contribution in [3.63, 3.8) is 0 Å². The SMILES string of the molecule is CC(C)c1ccc(-n2ncc(N)c2C(F)(F)F)cc1. The number of halogens is 3. The fourth-order valence-electron chi connectivity index (χ4n) is 1.84. The number of rotatable bonds is 2. The first-order chi connectivity index (χ1) is 8.80. The number of nitrogen functional groups attached to an aromatic ring is 1. The Hall–Kier alpha value is -1.98. The molecular formula is C13H14F3N3. The van der Waals surface area contributed by atoms with E-state index in [4.69, 9.17) is 5.73 Å². The van der Waals surface area contributed by atoms with E-state index in [2.05, 4.69) is 5.10 Å². The van der Waals surface area contributed by atoms with Gasteiger partial charge < -0.3 is 5.73 Å². The van der Waals surface area contributed by atoms with Crippen LogP contribution in [0, 0.1) is 0 Å². The molecule has 2 rings (SSSR count). The summed E-state index contributed by atoms with van der Waals surface area (Å²) in [7, 11) is 0. The van der Waals surface area contributed by atoms with Gasteiger partial charge >= 0.3 is 6.18 Å². The number of anilines is 1. The van der Waals surface area contributed by atoms with Gasteiger partial charge in [-0.05, 0) is 23.6 Å². The van der Waals surface area contributed by atoms with E-state index >= 15 is 0 Å². The predicted molar refractivity (Wildman–Crippen MR) is 67.1 cm³/mol. The molecule has 19 heavy (non-hydrogen) atoms. The quantitative estimate of drug-likeness (QED) is 0.905. The second-order valence-corrected chi connectivity index (χ2v) is 4.60. The third-order valence-electron chi connectivity index (χ3n) is 2.87. The van der Waals surface area contributed by atoms with Gasteiger partial charge in [0, 0.05) is 0 Å². The Balaban J connectivity index is 2.48. The molecule has 0 aliphatic rings. The summed E-state index contributed by atoms with van der Waals surface area (Å²) in [5.74, 6) is 0.318. The number of nitrogens with two attached hydrogens (primary N) is 1. The fourth-order valence-corrected chi connectivity index (χ4v) is 1.84. The molecule has 0 amide bonds. The van der Waals surface area contributed by atoms with Crippen LogP contribution in [0.3, 0.4) is 0 Å². The molecule has 102 valence electrons. The van der Waals surface area contributed by atoms with Crippen LogP contribution in [0.2, 0.25) is 0 Å². The first kappa shape index (κ1) is 13.5. The molecule has 2 aromatic rings. The van der Waals surface area contributed by atoms with Crippen LogP contribution in [-0.2, 0) is 6.18 Å². The second kappa shape index (κ2) is 4.60. The van der Waals surface area contributed by atoms with Crippen molar-refractivity contribution in [2.24, 2.45) is 0 Å². The monoisotopic (exact) mass is 269 g/mol. The van der Waals surface area contributed by atoms with Crippen molar-refractivity contribution < 1.29 is 13.2 Å². The molecule has 1 aromatic carbocycles. The Morgan fingerprint density at radius 1 is 1.16 bits per heavy atom. The first-order valence-corrected chi connectivity index (χ1v) is 5.81. The van der Waals surface area contributed by atoms with Crippen molar-refractivity contribution in [2.45, 2.75) is 25.9 Å². The minimum atomic E-state index is -4.53. The maximum atomic E-state index is 12.9. The predicted octanol–water partition coefficient (Wildman–Crippen LogP) is 3.60. The maximum absolute atomic E-state index is 12.9. The van der Waals surface area contributed by atoms with Crippen LogP contribution >= 0.6 is 0 Å². The van der Waals surface area contributed by atoms with Crippen LogP contribution in [0.15, 0.2) is 30.5 Å². The maximum Gasteiger partial charge on any atom is 0.435 e. The highest BCUT2D eigenvalue weighted by Crippen LogP contribution is 2.34. The number of hydrogen-bond acceptors (Lipinski definition) is 2. The molecule has 0 saturated heterocycles. The lowest BCUT2D eigenvalue weighted by atomic mass is 10.0. The van der Waals surface area contributed by atoms with Crippen molar-refractivity contribution >= 4 is 5.69 Å². The average molecular weight is 269 g/mol. The molecule has 1 aromatic heterocycles. The van der Waals surface area contributed by atoms with Crippen LogP contribution in [0.1, 0.15) is 31.0 Å². The van der Waals surface area contributed by atoms with E-state index in [0.29, 0.717) is 11.6 Å². The first-order valence-electron chi connectivity index (χ1n) is 5.81. The van der Waals surface area contributed by atoms with E-state index in [1.54, 1.807) is 24.3 Å². The molecule has 0 saturated carbocycles. The average Bonchev–Trinajstić information content (AvgIpc) is 2.71. The highest BCUT2D eigenvalue weighted by atomic mass is 19.4. The van der Waals surface area contributed by atoms with E-state index < -0.39 is 11.9 Å². The van der Waals surface area contributed by atoms with Crippen molar-refractivity contribution in [3.05, 3.63) is 41.7 Å². The van der Waals surface area contributed by atoms with Crippen LogP contribution < -0.4 is 5.73 Å². The fraction of sp³-hybridized carbons (Fsp3) is 0.308. The summed E-state index contributed by atoms with van der Waals surface area (Å²) in [6.07, 6.45) is -3.52. The molecule has 0 aliphatic heterocycles. The van der Waals surface area contributed by atoms with Crippen molar-refractivity contribution in [3.8, 4) is 5.69 Å². The lowest BCUT2D eigenvalue weighted by Gasteiger charge is -2.12. The molecule has 0 atom stereocenters. The highest BCUT2D eigenvalue weighted by molar-refractivity contribution is 5.48. The van der Waals surface area contributed by atoms with Gasteiger partial charge in [-0.2, -0.15) is 18.3 Å². The zero-order chi connectivity index (χ0) is 14.2. The summed E-state index contributed by atoms with van der Waals surface area (Å²) < 4.78 is 39.5. The van der Waals surface area contributed by atoms with E-state index in [-0.39, 0.29) is 5.69 Å². The normalized spacial score (nSPS) is 12.1. The Bertz CT molecular complexity index is 568. The highest BCUT2D eigenvalue weighted by Gasteiger charge is 2.38. The lowest BCUT2D eigenvalue weighted by Crippen LogP contribution is -2.15. The molecule has 6 heteroatoms. The molecule has 1 heterocycles. The van der Waals surface area contributed by atoms with Gasteiger partial charge in [0.15, 0.2) is 5.69 Å². The van der Waals surface area contributed by atoms with E-state index in [1.165, 1.54) is 0 Å². The zero-order valence-electron chi connectivity index (χ0n) is 10.6. The molecule has 0 fully saturated rings. The van der Waals surface area contributed by atoms with Gasteiger partial charge in [0.05, 0.1) is 17.6 Å². The second-order valence-electron chi connectivity index (χ2n) is 4.60. The van der Waals surface area contributed by atoms with Gasteiger partial charge in [-0.3, -0.25) is 0 Å². The van der Waals surface area contributed by atoms with Crippen molar-refractivity contribution in [2.75, 3.05) is 5.73 Å². The number of alkyl halides is 3. The molecule has 3 nitrogen and oxygen atoms in total. The van der Waals surface area contributed by atoms with Gasteiger partial charge in [0.1, 0.15) is 0 Å². The zero-order valence-corrected chi connectivity index (χ0v) is 10.6. The smallest absolute Gasteiger partial charge is 0.396 e. The van der Waals surface area contributed by atoms with Gasteiger partial charge in [-0.25, -0.2) is 4.68 Å². The Morgan fingerprint density at radius 2 is 1.74 bits per heavy atom. The lowest BCUT2D eigenvalue weighted by molar-refractivity contribution is -0.142. The van der Waals surface area contributed by atoms with E-state index in [0.717, 1.165) is 16.4 Å².